The molecule has 1 heterocycles. The summed E-state index contributed by atoms with van der Waals surface area (Å²) in [7, 11) is 0. The topological polar surface area (TPSA) is 70.9 Å². The molecule has 2 aromatic rings. The van der Waals surface area contributed by atoms with E-state index < -0.39 is 6.10 Å². The maximum absolute atomic E-state index is 9.92. The fourth-order valence-electron chi connectivity index (χ4n) is 1.39. The van der Waals surface area contributed by atoms with Crippen molar-refractivity contribution in [3.63, 3.8) is 0 Å². The zero-order valence-corrected chi connectivity index (χ0v) is 10.7. The highest BCUT2D eigenvalue weighted by atomic mass is 35.5. The van der Waals surface area contributed by atoms with Gasteiger partial charge in [0, 0.05) is 6.54 Å². The van der Waals surface area contributed by atoms with Crippen LogP contribution in [0.4, 0.5) is 5.95 Å². The van der Waals surface area contributed by atoms with Gasteiger partial charge in [0.05, 0.1) is 6.10 Å². The molecule has 94 valence electrons. The van der Waals surface area contributed by atoms with Crippen LogP contribution in [-0.2, 0) is 0 Å². The third-order valence-corrected chi connectivity index (χ3v) is 2.56. The van der Waals surface area contributed by atoms with Gasteiger partial charge in [0.2, 0.25) is 16.5 Å². The Morgan fingerprint density at radius 2 is 1.67 bits per heavy atom. The molecule has 0 amide bonds. The Balaban J connectivity index is 1.99. The molecule has 0 bridgehead atoms. The molecule has 1 atom stereocenters. The van der Waals surface area contributed by atoms with Gasteiger partial charge < -0.3 is 10.4 Å². The van der Waals surface area contributed by atoms with Gasteiger partial charge in [-0.2, -0.15) is 15.0 Å². The van der Waals surface area contributed by atoms with Crippen molar-refractivity contribution in [3.05, 3.63) is 46.5 Å². The largest absolute Gasteiger partial charge is 0.387 e. The van der Waals surface area contributed by atoms with E-state index in [-0.39, 0.29) is 23.1 Å². The van der Waals surface area contributed by atoms with Gasteiger partial charge in [0.25, 0.3) is 0 Å². The highest BCUT2D eigenvalue weighted by Crippen LogP contribution is 2.14. The number of nitrogens with zero attached hydrogens (tertiary/aromatic N) is 3. The van der Waals surface area contributed by atoms with E-state index in [2.05, 4.69) is 20.3 Å². The van der Waals surface area contributed by atoms with E-state index in [0.29, 0.717) is 0 Å². The molecule has 7 heteroatoms. The number of benzene rings is 1. The molecule has 2 rings (SSSR count). The van der Waals surface area contributed by atoms with Gasteiger partial charge in [-0.3, -0.25) is 0 Å². The first kappa shape index (κ1) is 13.0. The Morgan fingerprint density at radius 3 is 2.28 bits per heavy atom. The molecule has 0 saturated heterocycles. The molecule has 2 N–H and O–H groups in total. The normalized spacial score (nSPS) is 12.2. The maximum Gasteiger partial charge on any atom is 0.228 e. The van der Waals surface area contributed by atoms with Gasteiger partial charge in [0.1, 0.15) is 0 Å². The fraction of sp³-hybridized carbons (Fsp3) is 0.182. The number of nitrogens with one attached hydrogen (secondary N) is 1. The molecule has 1 aromatic heterocycles. The Bertz CT molecular complexity index is 503. The van der Waals surface area contributed by atoms with Crippen LogP contribution in [0.2, 0.25) is 10.6 Å². The summed E-state index contributed by atoms with van der Waals surface area (Å²) < 4.78 is 0. The smallest absolute Gasteiger partial charge is 0.228 e. The summed E-state index contributed by atoms with van der Waals surface area (Å²) in [5, 5.41) is 12.8. The fourth-order valence-corrected chi connectivity index (χ4v) is 1.75. The van der Waals surface area contributed by atoms with Gasteiger partial charge in [0.15, 0.2) is 0 Å². The van der Waals surface area contributed by atoms with Gasteiger partial charge in [-0.15, -0.1) is 0 Å². The molecule has 1 aromatic carbocycles. The number of halogens is 2. The third kappa shape index (κ3) is 3.53. The quantitative estimate of drug-likeness (QED) is 0.902. The minimum Gasteiger partial charge on any atom is -0.387 e. The van der Waals surface area contributed by atoms with Crippen molar-refractivity contribution < 1.29 is 5.11 Å². The molecule has 0 aliphatic carbocycles. The molecule has 0 aliphatic rings. The molecular formula is C11H10Cl2N4O. The predicted octanol–water partition coefficient (Wildman–Crippen LogP) is 2.32. The molecular weight excluding hydrogens is 275 g/mol. The van der Waals surface area contributed by atoms with E-state index in [4.69, 9.17) is 23.2 Å². The summed E-state index contributed by atoms with van der Waals surface area (Å²) in [4.78, 5) is 11.3. The first-order valence-corrected chi connectivity index (χ1v) is 5.94. The van der Waals surface area contributed by atoms with Crippen molar-refractivity contribution in [1.82, 2.24) is 15.0 Å². The Labute approximate surface area is 114 Å². The van der Waals surface area contributed by atoms with Crippen LogP contribution in [0.5, 0.6) is 0 Å². The van der Waals surface area contributed by atoms with Crippen LogP contribution in [0.25, 0.3) is 0 Å². The molecule has 1 unspecified atom stereocenters. The highest BCUT2D eigenvalue weighted by molar-refractivity contribution is 6.31. The summed E-state index contributed by atoms with van der Waals surface area (Å²) in [5.41, 5.74) is 0.802. The van der Waals surface area contributed by atoms with Gasteiger partial charge in [-0.25, -0.2) is 0 Å². The Kier molecular flexibility index (Phi) is 4.30. The molecule has 18 heavy (non-hydrogen) atoms. The molecule has 0 aliphatic heterocycles. The van der Waals surface area contributed by atoms with Crippen LogP contribution in [-0.4, -0.2) is 26.6 Å². The lowest BCUT2D eigenvalue weighted by Gasteiger charge is -2.11. The van der Waals surface area contributed by atoms with Gasteiger partial charge in [-0.05, 0) is 28.8 Å². The number of rotatable bonds is 4. The van der Waals surface area contributed by atoms with E-state index in [1.807, 2.05) is 30.3 Å². The second-order valence-corrected chi connectivity index (χ2v) is 4.18. The SMILES string of the molecule is OC(CNc1nc(Cl)nc(Cl)n1)c1ccccc1. The lowest BCUT2D eigenvalue weighted by molar-refractivity contribution is 0.191. The minimum absolute atomic E-state index is 0.00620. The van der Waals surface area contributed by atoms with Crippen molar-refractivity contribution in [2.75, 3.05) is 11.9 Å². The summed E-state index contributed by atoms with van der Waals surface area (Å²) in [6, 6.07) is 9.26. The second kappa shape index (κ2) is 5.95. The maximum atomic E-state index is 9.92. The van der Waals surface area contributed by atoms with Crippen molar-refractivity contribution >= 4 is 29.2 Å². The molecule has 0 spiro atoms. The van der Waals surface area contributed by atoms with E-state index in [9.17, 15) is 5.11 Å². The first-order valence-electron chi connectivity index (χ1n) is 5.19. The van der Waals surface area contributed by atoms with Crippen molar-refractivity contribution in [2.24, 2.45) is 0 Å². The number of anilines is 1. The summed E-state index contributed by atoms with van der Waals surface area (Å²) in [6.07, 6.45) is -0.666. The predicted molar refractivity (Wildman–Crippen MR) is 69.7 cm³/mol. The summed E-state index contributed by atoms with van der Waals surface area (Å²) >= 11 is 11.3. The van der Waals surface area contributed by atoms with E-state index in [0.717, 1.165) is 5.56 Å². The monoisotopic (exact) mass is 284 g/mol. The first-order chi connectivity index (χ1) is 8.65. The molecule has 0 radical (unpaired) electrons. The van der Waals surface area contributed by atoms with Crippen LogP contribution in [0.3, 0.4) is 0 Å². The van der Waals surface area contributed by atoms with Crippen LogP contribution in [0, 0.1) is 0 Å². The Hall–Kier alpha value is -1.43. The standard InChI is InChI=1S/C11H10Cl2N4O/c12-9-15-10(13)17-11(16-9)14-6-8(18)7-4-2-1-3-5-7/h1-5,8,18H,6H2,(H,14,15,16,17). The highest BCUT2D eigenvalue weighted by Gasteiger charge is 2.08. The number of aromatic nitrogens is 3. The van der Waals surface area contributed by atoms with Crippen LogP contribution in [0.1, 0.15) is 11.7 Å². The lowest BCUT2D eigenvalue weighted by Crippen LogP contribution is -2.14. The van der Waals surface area contributed by atoms with Crippen LogP contribution >= 0.6 is 23.2 Å². The summed E-state index contributed by atoms with van der Waals surface area (Å²) in [5.74, 6) is 0.231. The zero-order valence-electron chi connectivity index (χ0n) is 9.22. The van der Waals surface area contributed by atoms with E-state index in [1.54, 1.807) is 0 Å². The van der Waals surface area contributed by atoms with Crippen molar-refractivity contribution in [2.45, 2.75) is 6.10 Å². The molecule has 5 nitrogen and oxygen atoms in total. The zero-order chi connectivity index (χ0) is 13.0. The van der Waals surface area contributed by atoms with Crippen LogP contribution < -0.4 is 5.32 Å². The average Bonchev–Trinajstić information content (AvgIpc) is 2.36. The molecule has 0 fully saturated rings. The number of aliphatic hydroxyl groups is 1. The van der Waals surface area contributed by atoms with Crippen LogP contribution in [0.15, 0.2) is 30.3 Å². The van der Waals surface area contributed by atoms with E-state index in [1.165, 1.54) is 0 Å². The number of aliphatic hydroxyl groups excluding tert-OH is 1. The van der Waals surface area contributed by atoms with Crippen molar-refractivity contribution in [3.8, 4) is 0 Å². The Morgan fingerprint density at radius 1 is 1.06 bits per heavy atom. The number of hydrogen-bond donors (Lipinski definition) is 2. The average molecular weight is 285 g/mol. The number of hydrogen-bond acceptors (Lipinski definition) is 5. The van der Waals surface area contributed by atoms with Crippen molar-refractivity contribution in [1.29, 1.82) is 0 Å². The van der Waals surface area contributed by atoms with E-state index >= 15 is 0 Å². The lowest BCUT2D eigenvalue weighted by atomic mass is 10.1. The van der Waals surface area contributed by atoms with Gasteiger partial charge >= 0.3 is 0 Å². The minimum atomic E-state index is -0.666. The molecule has 0 saturated carbocycles. The summed E-state index contributed by atoms with van der Waals surface area (Å²) in [6.45, 7) is 0.251. The third-order valence-electron chi connectivity index (χ3n) is 2.22. The second-order valence-electron chi connectivity index (χ2n) is 3.50. The van der Waals surface area contributed by atoms with Gasteiger partial charge in [-0.1, -0.05) is 30.3 Å².